The number of aromatic nitrogens is 3. The lowest BCUT2D eigenvalue weighted by molar-refractivity contribution is 0.198. The van der Waals surface area contributed by atoms with E-state index in [0.717, 1.165) is 10.9 Å². The van der Waals surface area contributed by atoms with Gasteiger partial charge < -0.3 is 15.6 Å². The molecule has 0 aliphatic heterocycles. The van der Waals surface area contributed by atoms with E-state index in [1.54, 1.807) is 42.7 Å². The molecule has 0 bridgehead atoms. The molecule has 0 aliphatic carbocycles. The van der Waals surface area contributed by atoms with E-state index in [4.69, 9.17) is 15.6 Å². The summed E-state index contributed by atoms with van der Waals surface area (Å²) in [4.78, 5) is 17.3. The Morgan fingerprint density at radius 1 is 1.18 bits per heavy atom. The number of allylic oxidation sites excluding steroid dienone is 1. The molecular formula is C25H22FN5O2. The molecule has 0 saturated heterocycles. The number of aliphatic hydroxyl groups is 1. The van der Waals surface area contributed by atoms with E-state index < -0.39 is 5.82 Å². The molecule has 0 aliphatic rings. The van der Waals surface area contributed by atoms with Crippen molar-refractivity contribution in [2.45, 2.75) is 6.92 Å². The van der Waals surface area contributed by atoms with Crippen molar-refractivity contribution in [3.8, 4) is 28.3 Å². The molecule has 0 radical (unpaired) electrons. The van der Waals surface area contributed by atoms with Gasteiger partial charge in [-0.2, -0.15) is 0 Å². The molecule has 0 saturated carbocycles. The number of halogens is 1. The van der Waals surface area contributed by atoms with Crippen molar-refractivity contribution in [2.24, 2.45) is 4.99 Å². The predicted molar refractivity (Wildman–Crippen MR) is 129 cm³/mol. The van der Waals surface area contributed by atoms with E-state index in [1.807, 2.05) is 19.1 Å². The minimum atomic E-state index is -0.395. The molecule has 0 spiro atoms. The van der Waals surface area contributed by atoms with Crippen molar-refractivity contribution in [1.29, 1.82) is 0 Å². The first-order valence-electron chi connectivity index (χ1n) is 10.3. The molecule has 3 heterocycles. The highest BCUT2D eigenvalue weighted by Crippen LogP contribution is 2.40. The van der Waals surface area contributed by atoms with Gasteiger partial charge in [0, 0.05) is 34.5 Å². The van der Waals surface area contributed by atoms with Gasteiger partial charge in [0.2, 0.25) is 5.88 Å². The van der Waals surface area contributed by atoms with Crippen LogP contribution in [0.3, 0.4) is 0 Å². The fraction of sp³-hybridized carbons (Fsp3) is 0.120. The first kappa shape index (κ1) is 22.0. The van der Waals surface area contributed by atoms with Gasteiger partial charge in [0.15, 0.2) is 5.82 Å². The molecule has 0 unspecified atom stereocenters. The monoisotopic (exact) mass is 443 g/mol. The van der Waals surface area contributed by atoms with E-state index in [2.05, 4.69) is 26.7 Å². The number of benzene rings is 1. The van der Waals surface area contributed by atoms with Crippen molar-refractivity contribution in [3.05, 3.63) is 66.2 Å². The van der Waals surface area contributed by atoms with Crippen LogP contribution in [0.5, 0.6) is 5.88 Å². The highest BCUT2D eigenvalue weighted by molar-refractivity contribution is 6.05. The Kier molecular flexibility index (Phi) is 6.37. The fourth-order valence-electron chi connectivity index (χ4n) is 3.67. The van der Waals surface area contributed by atoms with Crippen LogP contribution in [0.4, 0.5) is 16.0 Å². The van der Waals surface area contributed by atoms with Gasteiger partial charge in [-0.05, 0) is 43.5 Å². The second-order valence-corrected chi connectivity index (χ2v) is 7.10. The number of ether oxygens (including phenoxy) is 1. The van der Waals surface area contributed by atoms with Gasteiger partial charge in [0.05, 0.1) is 17.7 Å². The SMILES string of the molecule is C=Nc1nc(-c2ccccc2F)cc(-c2cnc(OCCO)c3c(N)nccc23)c1/C=C\C. The smallest absolute Gasteiger partial charge is 0.225 e. The Bertz CT molecular complexity index is 1370. The Morgan fingerprint density at radius 3 is 2.73 bits per heavy atom. The highest BCUT2D eigenvalue weighted by Gasteiger charge is 2.19. The third kappa shape index (κ3) is 4.16. The summed E-state index contributed by atoms with van der Waals surface area (Å²) >= 11 is 0. The second kappa shape index (κ2) is 9.54. The average Bonchev–Trinajstić information content (AvgIpc) is 2.83. The van der Waals surface area contributed by atoms with Crippen molar-refractivity contribution < 1.29 is 14.2 Å². The summed E-state index contributed by atoms with van der Waals surface area (Å²) < 4.78 is 20.2. The lowest BCUT2D eigenvalue weighted by Crippen LogP contribution is -2.05. The Labute approximate surface area is 190 Å². The van der Waals surface area contributed by atoms with Crippen molar-refractivity contribution in [2.75, 3.05) is 18.9 Å². The van der Waals surface area contributed by atoms with E-state index in [-0.39, 0.29) is 24.9 Å². The summed E-state index contributed by atoms with van der Waals surface area (Å²) in [6.45, 7) is 5.44. The summed E-state index contributed by atoms with van der Waals surface area (Å²) in [5.74, 6) is 0.479. The van der Waals surface area contributed by atoms with Crippen LogP contribution in [0.25, 0.3) is 39.2 Å². The number of pyridine rings is 3. The average molecular weight is 443 g/mol. The number of hydrogen-bond acceptors (Lipinski definition) is 7. The number of aliphatic imine (C=N–C) groups is 1. The van der Waals surface area contributed by atoms with Crippen molar-refractivity contribution >= 4 is 35.2 Å². The Balaban J connectivity index is 2.06. The Morgan fingerprint density at radius 2 is 2.00 bits per heavy atom. The zero-order chi connectivity index (χ0) is 23.4. The maximum absolute atomic E-state index is 14.6. The predicted octanol–water partition coefficient (Wildman–Crippen LogP) is 4.82. The lowest BCUT2D eigenvalue weighted by atomic mass is 9.95. The molecular weight excluding hydrogens is 421 g/mol. The molecule has 3 aromatic heterocycles. The molecule has 8 heteroatoms. The number of anilines is 1. The van der Waals surface area contributed by atoms with Crippen LogP contribution in [0.15, 0.2) is 59.9 Å². The van der Waals surface area contributed by atoms with Gasteiger partial charge in [-0.3, -0.25) is 0 Å². The second-order valence-electron chi connectivity index (χ2n) is 7.10. The molecule has 3 N–H and O–H groups in total. The van der Waals surface area contributed by atoms with E-state index >= 15 is 0 Å². The third-order valence-electron chi connectivity index (χ3n) is 5.09. The Hall–Kier alpha value is -4.17. The van der Waals surface area contributed by atoms with E-state index in [9.17, 15) is 4.39 Å². The molecule has 4 rings (SSSR count). The standard InChI is InChI=1S/C25H22FN5O2/c1-3-6-16-18(13-21(31-24(16)28-2)17-7-4-5-8-20(17)26)19-14-30-25(33-12-11-32)22-15(19)9-10-29-23(22)27/h3-10,13-14,32H,2,11-12H2,1H3,(H2,27,29)/b6-3-. The summed E-state index contributed by atoms with van der Waals surface area (Å²) in [6, 6.07) is 10.0. The van der Waals surface area contributed by atoms with E-state index in [1.165, 1.54) is 6.07 Å². The van der Waals surface area contributed by atoms with Crippen LogP contribution in [-0.2, 0) is 0 Å². The number of hydrogen-bond donors (Lipinski definition) is 2. The number of fused-ring (bicyclic) bond motifs is 1. The molecule has 1 aromatic carbocycles. The summed E-state index contributed by atoms with van der Waals surface area (Å²) in [5, 5.41) is 10.4. The van der Waals surface area contributed by atoms with Crippen LogP contribution >= 0.6 is 0 Å². The zero-order valence-electron chi connectivity index (χ0n) is 18.0. The molecule has 33 heavy (non-hydrogen) atoms. The lowest BCUT2D eigenvalue weighted by Gasteiger charge is -2.16. The van der Waals surface area contributed by atoms with Gasteiger partial charge in [-0.25, -0.2) is 24.3 Å². The topological polar surface area (TPSA) is 107 Å². The minimum absolute atomic E-state index is 0.0663. The number of nitrogen functional groups attached to an aromatic ring is 1. The van der Waals surface area contributed by atoms with Crippen LogP contribution in [-0.4, -0.2) is 40.0 Å². The minimum Gasteiger partial charge on any atom is -0.475 e. The highest BCUT2D eigenvalue weighted by atomic mass is 19.1. The van der Waals surface area contributed by atoms with Crippen molar-refractivity contribution in [1.82, 2.24) is 15.0 Å². The summed E-state index contributed by atoms with van der Waals surface area (Å²) in [6.07, 6.45) is 6.97. The number of nitrogens with two attached hydrogens (primary N) is 1. The molecule has 7 nitrogen and oxygen atoms in total. The third-order valence-corrected chi connectivity index (χ3v) is 5.09. The fourth-order valence-corrected chi connectivity index (χ4v) is 3.67. The van der Waals surface area contributed by atoms with Crippen LogP contribution < -0.4 is 10.5 Å². The maximum Gasteiger partial charge on any atom is 0.225 e. The van der Waals surface area contributed by atoms with E-state index in [0.29, 0.717) is 33.6 Å². The number of aliphatic hydroxyl groups excluding tert-OH is 1. The molecule has 166 valence electrons. The maximum atomic E-state index is 14.6. The number of nitrogens with zero attached hydrogens (tertiary/aromatic N) is 4. The van der Waals surface area contributed by atoms with Crippen LogP contribution in [0.2, 0.25) is 0 Å². The van der Waals surface area contributed by atoms with Gasteiger partial charge >= 0.3 is 0 Å². The van der Waals surface area contributed by atoms with Crippen molar-refractivity contribution in [3.63, 3.8) is 0 Å². The summed E-state index contributed by atoms with van der Waals surface area (Å²) in [5.41, 5.74) is 9.07. The molecule has 0 atom stereocenters. The van der Waals surface area contributed by atoms with Gasteiger partial charge in [-0.1, -0.05) is 24.3 Å². The molecule has 4 aromatic rings. The molecule has 0 amide bonds. The molecule has 0 fully saturated rings. The first-order valence-corrected chi connectivity index (χ1v) is 10.3. The zero-order valence-corrected chi connectivity index (χ0v) is 18.0. The van der Waals surface area contributed by atoms with Gasteiger partial charge in [0.25, 0.3) is 0 Å². The van der Waals surface area contributed by atoms with Crippen LogP contribution in [0, 0.1) is 5.82 Å². The number of rotatable bonds is 7. The van der Waals surface area contributed by atoms with Gasteiger partial charge in [-0.15, -0.1) is 0 Å². The quantitative estimate of drug-likeness (QED) is 0.397. The first-order chi connectivity index (χ1) is 16.1. The largest absolute Gasteiger partial charge is 0.475 e. The van der Waals surface area contributed by atoms with Crippen LogP contribution in [0.1, 0.15) is 12.5 Å². The summed E-state index contributed by atoms with van der Waals surface area (Å²) in [7, 11) is 0. The normalized spacial score (nSPS) is 11.2. The van der Waals surface area contributed by atoms with Gasteiger partial charge in [0.1, 0.15) is 18.2 Å².